The van der Waals surface area contributed by atoms with E-state index in [1.165, 1.54) is 23.6 Å². The molecular weight excluding hydrogens is 378 g/mol. The zero-order valence-corrected chi connectivity index (χ0v) is 17.4. The van der Waals surface area contributed by atoms with E-state index in [0.717, 1.165) is 19.4 Å². The molecule has 0 bridgehead atoms. The Hall–Kier alpha value is -1.64. The SMILES string of the molecule is COc1ccc(S(=O)(=O)N2CCCN(CC(=O)NC3CCCCC3)CC2)cc1. The molecular formula is C20H31N3O4S. The minimum Gasteiger partial charge on any atom is -0.497 e. The third-order valence-corrected chi connectivity index (χ3v) is 7.50. The Morgan fingerprint density at radius 1 is 1.04 bits per heavy atom. The van der Waals surface area contributed by atoms with Crippen molar-refractivity contribution in [3.8, 4) is 5.75 Å². The monoisotopic (exact) mass is 409 g/mol. The van der Waals surface area contributed by atoms with Gasteiger partial charge in [-0.1, -0.05) is 19.3 Å². The molecule has 1 saturated carbocycles. The van der Waals surface area contributed by atoms with Crippen molar-refractivity contribution in [1.82, 2.24) is 14.5 Å². The zero-order chi connectivity index (χ0) is 20.0. The van der Waals surface area contributed by atoms with E-state index in [1.54, 1.807) is 31.4 Å². The van der Waals surface area contributed by atoms with Gasteiger partial charge in [-0.25, -0.2) is 8.42 Å². The third-order valence-electron chi connectivity index (χ3n) is 5.58. The second-order valence-corrected chi connectivity index (χ2v) is 9.55. The van der Waals surface area contributed by atoms with Gasteiger partial charge < -0.3 is 10.1 Å². The van der Waals surface area contributed by atoms with E-state index >= 15 is 0 Å². The average Bonchev–Trinajstić information content (AvgIpc) is 2.95. The van der Waals surface area contributed by atoms with Gasteiger partial charge in [0.25, 0.3) is 0 Å². The zero-order valence-electron chi connectivity index (χ0n) is 16.6. The Bertz CT molecular complexity index is 745. The fourth-order valence-corrected chi connectivity index (χ4v) is 5.44. The molecule has 1 saturated heterocycles. The van der Waals surface area contributed by atoms with Gasteiger partial charge in [0, 0.05) is 25.7 Å². The lowest BCUT2D eigenvalue weighted by atomic mass is 9.95. The van der Waals surface area contributed by atoms with Crippen molar-refractivity contribution in [2.75, 3.05) is 39.8 Å². The van der Waals surface area contributed by atoms with Crippen molar-refractivity contribution in [3.63, 3.8) is 0 Å². The maximum absolute atomic E-state index is 12.9. The van der Waals surface area contributed by atoms with Crippen molar-refractivity contribution in [3.05, 3.63) is 24.3 Å². The first-order chi connectivity index (χ1) is 13.5. The Labute approximate surface area is 168 Å². The van der Waals surface area contributed by atoms with Crippen molar-refractivity contribution in [2.24, 2.45) is 0 Å². The van der Waals surface area contributed by atoms with Gasteiger partial charge in [-0.05, 0) is 50.1 Å². The molecule has 1 aliphatic heterocycles. The number of carbonyl (C=O) groups is 1. The summed E-state index contributed by atoms with van der Waals surface area (Å²) in [5.74, 6) is 0.684. The lowest BCUT2D eigenvalue weighted by molar-refractivity contribution is -0.123. The van der Waals surface area contributed by atoms with Gasteiger partial charge in [0.1, 0.15) is 5.75 Å². The summed E-state index contributed by atoms with van der Waals surface area (Å²) >= 11 is 0. The van der Waals surface area contributed by atoms with Crippen molar-refractivity contribution in [2.45, 2.75) is 49.5 Å². The highest BCUT2D eigenvalue weighted by Crippen LogP contribution is 2.21. The summed E-state index contributed by atoms with van der Waals surface area (Å²) in [6.45, 7) is 2.49. The van der Waals surface area contributed by atoms with Crippen LogP contribution in [0.4, 0.5) is 0 Å². The van der Waals surface area contributed by atoms with Crippen LogP contribution in [0.15, 0.2) is 29.2 Å². The lowest BCUT2D eigenvalue weighted by Gasteiger charge is -2.25. The normalized spacial score (nSPS) is 20.5. The molecule has 1 heterocycles. The number of hydrogen-bond donors (Lipinski definition) is 1. The molecule has 1 aromatic rings. The molecule has 8 heteroatoms. The highest BCUT2D eigenvalue weighted by molar-refractivity contribution is 7.89. The van der Waals surface area contributed by atoms with Gasteiger partial charge in [-0.2, -0.15) is 4.31 Å². The average molecular weight is 410 g/mol. The van der Waals surface area contributed by atoms with Crippen LogP contribution in [-0.4, -0.2) is 69.4 Å². The molecule has 28 heavy (non-hydrogen) atoms. The molecule has 1 N–H and O–H groups in total. The van der Waals surface area contributed by atoms with Crippen molar-refractivity contribution in [1.29, 1.82) is 0 Å². The van der Waals surface area contributed by atoms with Gasteiger partial charge in [0.15, 0.2) is 0 Å². The maximum atomic E-state index is 12.9. The number of ether oxygens (including phenoxy) is 1. The molecule has 1 aliphatic carbocycles. The van der Waals surface area contributed by atoms with E-state index in [-0.39, 0.29) is 10.8 Å². The van der Waals surface area contributed by atoms with Crippen LogP contribution >= 0.6 is 0 Å². The maximum Gasteiger partial charge on any atom is 0.243 e. The van der Waals surface area contributed by atoms with Gasteiger partial charge in [-0.3, -0.25) is 9.69 Å². The first-order valence-electron chi connectivity index (χ1n) is 10.1. The van der Waals surface area contributed by atoms with Crippen LogP contribution in [0, 0.1) is 0 Å². The quantitative estimate of drug-likeness (QED) is 0.776. The van der Waals surface area contributed by atoms with E-state index in [0.29, 0.717) is 44.4 Å². The van der Waals surface area contributed by atoms with Gasteiger partial charge >= 0.3 is 0 Å². The summed E-state index contributed by atoms with van der Waals surface area (Å²) in [6.07, 6.45) is 6.49. The predicted molar refractivity (Wildman–Crippen MR) is 108 cm³/mol. The molecule has 7 nitrogen and oxygen atoms in total. The van der Waals surface area contributed by atoms with E-state index in [9.17, 15) is 13.2 Å². The predicted octanol–water partition coefficient (Wildman–Crippen LogP) is 1.84. The summed E-state index contributed by atoms with van der Waals surface area (Å²) in [5, 5.41) is 3.14. The smallest absolute Gasteiger partial charge is 0.243 e. The topological polar surface area (TPSA) is 79.0 Å². The summed E-state index contributed by atoms with van der Waals surface area (Å²) in [6, 6.07) is 6.78. The fraction of sp³-hybridized carbons (Fsp3) is 0.650. The minimum absolute atomic E-state index is 0.0540. The molecule has 0 spiro atoms. The number of benzene rings is 1. The number of sulfonamides is 1. The number of rotatable bonds is 6. The first kappa shape index (κ1) is 21.1. The van der Waals surface area contributed by atoms with Crippen LogP contribution in [0.3, 0.4) is 0 Å². The summed E-state index contributed by atoms with van der Waals surface area (Å²) in [7, 11) is -1.98. The Balaban J connectivity index is 1.54. The summed E-state index contributed by atoms with van der Waals surface area (Å²) < 4.78 is 32.5. The Morgan fingerprint density at radius 3 is 2.43 bits per heavy atom. The highest BCUT2D eigenvalue weighted by atomic mass is 32.2. The summed E-state index contributed by atoms with van der Waals surface area (Å²) in [4.78, 5) is 14.7. The van der Waals surface area contributed by atoms with Crippen molar-refractivity contribution < 1.29 is 17.9 Å². The van der Waals surface area contributed by atoms with Crippen LogP contribution in [-0.2, 0) is 14.8 Å². The fourth-order valence-electron chi connectivity index (χ4n) is 3.97. The second-order valence-electron chi connectivity index (χ2n) is 7.61. The molecule has 1 amide bonds. The first-order valence-corrected chi connectivity index (χ1v) is 11.6. The number of methoxy groups -OCH3 is 1. The molecule has 1 aromatic carbocycles. The van der Waals surface area contributed by atoms with Crippen LogP contribution < -0.4 is 10.1 Å². The van der Waals surface area contributed by atoms with E-state index < -0.39 is 10.0 Å². The molecule has 156 valence electrons. The number of nitrogens with one attached hydrogen (secondary N) is 1. The van der Waals surface area contributed by atoms with Crippen LogP contribution in [0.1, 0.15) is 38.5 Å². The third kappa shape index (κ3) is 5.46. The summed E-state index contributed by atoms with van der Waals surface area (Å²) in [5.41, 5.74) is 0. The van der Waals surface area contributed by atoms with Crippen LogP contribution in [0.2, 0.25) is 0 Å². The highest BCUT2D eigenvalue weighted by Gasteiger charge is 2.27. The lowest BCUT2D eigenvalue weighted by Crippen LogP contribution is -2.44. The molecule has 0 aromatic heterocycles. The molecule has 0 atom stereocenters. The molecule has 2 aliphatic rings. The number of hydrogen-bond acceptors (Lipinski definition) is 5. The van der Waals surface area contributed by atoms with E-state index in [2.05, 4.69) is 10.2 Å². The Morgan fingerprint density at radius 2 is 1.75 bits per heavy atom. The Kier molecular flexibility index (Phi) is 7.31. The van der Waals surface area contributed by atoms with Crippen molar-refractivity contribution >= 4 is 15.9 Å². The van der Waals surface area contributed by atoms with Gasteiger partial charge in [0.2, 0.25) is 15.9 Å². The number of nitrogens with zero attached hydrogens (tertiary/aromatic N) is 2. The molecule has 0 radical (unpaired) electrons. The number of carbonyl (C=O) groups excluding carboxylic acids is 1. The molecule has 0 unspecified atom stereocenters. The van der Waals surface area contributed by atoms with Gasteiger partial charge in [-0.15, -0.1) is 0 Å². The standard InChI is InChI=1S/C20H31N3O4S/c1-27-18-8-10-19(11-9-18)28(25,26)23-13-5-12-22(14-15-23)16-20(24)21-17-6-3-2-4-7-17/h8-11,17H,2-7,12-16H2,1H3,(H,21,24). The number of amides is 1. The van der Waals surface area contributed by atoms with E-state index in [1.807, 2.05) is 0 Å². The van der Waals surface area contributed by atoms with Gasteiger partial charge in [0.05, 0.1) is 18.6 Å². The van der Waals surface area contributed by atoms with E-state index in [4.69, 9.17) is 4.74 Å². The molecule has 3 rings (SSSR count). The minimum atomic E-state index is -3.53. The molecule has 2 fully saturated rings. The van der Waals surface area contributed by atoms with Crippen LogP contribution in [0.25, 0.3) is 0 Å². The largest absolute Gasteiger partial charge is 0.497 e. The second kappa shape index (κ2) is 9.71. The van der Waals surface area contributed by atoms with Crippen LogP contribution in [0.5, 0.6) is 5.75 Å².